The average Bonchev–Trinajstić information content (AvgIpc) is 2.88. The Kier molecular flexibility index (Phi) is 4.08. The van der Waals surface area contributed by atoms with E-state index in [1.54, 1.807) is 5.51 Å². The predicted molar refractivity (Wildman–Crippen MR) is 71.4 cm³/mol. The summed E-state index contributed by atoms with van der Waals surface area (Å²) in [5.41, 5.74) is 2.47. The quantitative estimate of drug-likeness (QED) is 0.694. The van der Waals surface area contributed by atoms with Crippen LogP contribution < -0.4 is 5.32 Å². The average molecular weight is 298 g/mol. The van der Waals surface area contributed by atoms with Crippen molar-refractivity contribution in [2.75, 3.05) is 0 Å². The molecule has 0 spiro atoms. The van der Waals surface area contributed by atoms with Crippen LogP contribution in [0.25, 0.3) is 0 Å². The number of amides is 1. The third-order valence-electron chi connectivity index (χ3n) is 2.32. The van der Waals surface area contributed by atoms with Gasteiger partial charge in [-0.2, -0.15) is 0 Å². The summed E-state index contributed by atoms with van der Waals surface area (Å²) in [6.07, 6.45) is 0. The molecule has 0 bridgehead atoms. The number of carbonyl (C=O) groups is 1. The number of carbonyl (C=O) groups excluding carboxylic acids is 1. The summed E-state index contributed by atoms with van der Waals surface area (Å²) in [5.74, 6) is -0.357. The molecule has 0 aliphatic carbocycles. The van der Waals surface area contributed by atoms with Gasteiger partial charge in [-0.15, -0.1) is 11.3 Å². The number of thiazole rings is 1. The maximum absolute atomic E-state index is 11.8. The first-order chi connectivity index (χ1) is 9.08. The van der Waals surface area contributed by atoms with Crippen LogP contribution in [0.2, 0.25) is 5.02 Å². The molecule has 2 rings (SSSR count). The van der Waals surface area contributed by atoms with Gasteiger partial charge in [0.2, 0.25) is 0 Å². The highest BCUT2D eigenvalue weighted by atomic mass is 35.5. The monoisotopic (exact) mass is 297 g/mol. The van der Waals surface area contributed by atoms with E-state index in [2.05, 4.69) is 10.3 Å². The number of nitrogens with one attached hydrogen (secondary N) is 1. The molecule has 0 saturated heterocycles. The van der Waals surface area contributed by atoms with Gasteiger partial charge in [0.15, 0.2) is 0 Å². The Morgan fingerprint density at radius 1 is 1.53 bits per heavy atom. The Hall–Kier alpha value is -1.99. The number of nitrogens with zero attached hydrogens (tertiary/aromatic N) is 2. The van der Waals surface area contributed by atoms with Gasteiger partial charge in [-0.25, -0.2) is 4.98 Å². The van der Waals surface area contributed by atoms with E-state index in [1.807, 2.05) is 5.38 Å². The van der Waals surface area contributed by atoms with Crippen LogP contribution in [0.15, 0.2) is 29.1 Å². The molecule has 8 heteroatoms. The molecule has 98 valence electrons. The Bertz CT molecular complexity index is 616. The Morgan fingerprint density at radius 3 is 2.89 bits per heavy atom. The van der Waals surface area contributed by atoms with Crippen molar-refractivity contribution in [1.29, 1.82) is 0 Å². The van der Waals surface area contributed by atoms with Gasteiger partial charge in [-0.3, -0.25) is 14.9 Å². The van der Waals surface area contributed by atoms with Crippen LogP contribution >= 0.6 is 22.9 Å². The first kappa shape index (κ1) is 13.4. The number of nitro groups is 1. The molecule has 1 amide bonds. The van der Waals surface area contributed by atoms with Crippen LogP contribution in [-0.4, -0.2) is 15.8 Å². The lowest BCUT2D eigenvalue weighted by molar-refractivity contribution is -0.384. The zero-order valence-electron chi connectivity index (χ0n) is 9.50. The third kappa shape index (κ3) is 3.27. The molecule has 0 radical (unpaired) electrons. The molecular weight excluding hydrogens is 290 g/mol. The second-order valence-electron chi connectivity index (χ2n) is 3.59. The van der Waals surface area contributed by atoms with Crippen LogP contribution in [-0.2, 0) is 6.54 Å². The normalized spacial score (nSPS) is 10.2. The largest absolute Gasteiger partial charge is 0.346 e. The van der Waals surface area contributed by atoms with Gasteiger partial charge in [0, 0.05) is 17.0 Å². The lowest BCUT2D eigenvalue weighted by atomic mass is 10.2. The van der Waals surface area contributed by atoms with Gasteiger partial charge in [-0.05, 0) is 12.1 Å². The summed E-state index contributed by atoms with van der Waals surface area (Å²) in [4.78, 5) is 25.8. The molecule has 0 aliphatic heterocycles. The van der Waals surface area contributed by atoms with Crippen molar-refractivity contribution >= 4 is 34.5 Å². The van der Waals surface area contributed by atoms with Gasteiger partial charge in [0.1, 0.15) is 5.02 Å². The summed E-state index contributed by atoms with van der Waals surface area (Å²) >= 11 is 7.17. The smallest absolute Gasteiger partial charge is 0.287 e. The maximum Gasteiger partial charge on any atom is 0.287 e. The molecular formula is C11H8ClN3O3S. The van der Waals surface area contributed by atoms with Gasteiger partial charge in [0.25, 0.3) is 11.6 Å². The third-order valence-corrected chi connectivity index (χ3v) is 3.26. The van der Waals surface area contributed by atoms with E-state index in [9.17, 15) is 14.9 Å². The highest BCUT2D eigenvalue weighted by molar-refractivity contribution is 7.07. The molecule has 0 aliphatic rings. The zero-order valence-corrected chi connectivity index (χ0v) is 11.1. The van der Waals surface area contributed by atoms with Crippen LogP contribution in [0.3, 0.4) is 0 Å². The van der Waals surface area contributed by atoms with E-state index >= 15 is 0 Å². The summed E-state index contributed by atoms with van der Waals surface area (Å²) in [6.45, 7) is 0.303. The molecule has 6 nitrogen and oxygen atoms in total. The number of aromatic nitrogens is 1. The van der Waals surface area contributed by atoms with Crippen LogP contribution in [0.1, 0.15) is 16.1 Å². The molecule has 19 heavy (non-hydrogen) atoms. The Labute approximate surface area is 117 Å². The van der Waals surface area contributed by atoms with Crippen molar-refractivity contribution < 1.29 is 9.72 Å². The summed E-state index contributed by atoms with van der Waals surface area (Å²) in [6, 6.07) is 3.84. The number of rotatable bonds is 4. The van der Waals surface area contributed by atoms with Crippen molar-refractivity contribution in [1.82, 2.24) is 10.3 Å². The molecule has 0 atom stereocenters. The van der Waals surface area contributed by atoms with E-state index in [0.29, 0.717) is 6.54 Å². The van der Waals surface area contributed by atoms with E-state index in [4.69, 9.17) is 11.6 Å². The summed E-state index contributed by atoms with van der Waals surface area (Å²) < 4.78 is 0. The molecule has 1 aromatic carbocycles. The minimum atomic E-state index is -0.598. The van der Waals surface area contributed by atoms with Gasteiger partial charge in [0.05, 0.1) is 22.7 Å². The van der Waals surface area contributed by atoms with Gasteiger partial charge in [-0.1, -0.05) is 11.6 Å². The lowest BCUT2D eigenvalue weighted by Gasteiger charge is -2.04. The minimum Gasteiger partial charge on any atom is -0.346 e. The second kappa shape index (κ2) is 5.77. The van der Waals surface area contributed by atoms with Crippen molar-refractivity contribution in [2.24, 2.45) is 0 Å². The van der Waals surface area contributed by atoms with Crippen molar-refractivity contribution in [2.45, 2.75) is 6.54 Å². The molecule has 2 aromatic rings. The highest BCUT2D eigenvalue weighted by Crippen LogP contribution is 2.24. The fourth-order valence-electron chi connectivity index (χ4n) is 1.39. The Morgan fingerprint density at radius 2 is 2.32 bits per heavy atom. The Balaban J connectivity index is 2.07. The SMILES string of the molecule is O=C(NCc1cscn1)c1ccc([N+](=O)[O-])c(Cl)c1. The predicted octanol–water partition coefficient (Wildman–Crippen LogP) is 2.63. The summed E-state index contributed by atoms with van der Waals surface area (Å²) in [5, 5.41) is 15.0. The van der Waals surface area contributed by atoms with E-state index in [0.717, 1.165) is 5.69 Å². The maximum atomic E-state index is 11.8. The van der Waals surface area contributed by atoms with Gasteiger partial charge < -0.3 is 5.32 Å². The number of hydrogen-bond donors (Lipinski definition) is 1. The fourth-order valence-corrected chi connectivity index (χ4v) is 2.20. The number of hydrogen-bond acceptors (Lipinski definition) is 5. The highest BCUT2D eigenvalue weighted by Gasteiger charge is 2.15. The topological polar surface area (TPSA) is 85.1 Å². The van der Waals surface area contributed by atoms with Crippen molar-refractivity contribution in [3.05, 3.63) is 55.5 Å². The van der Waals surface area contributed by atoms with E-state index in [1.165, 1.54) is 29.5 Å². The van der Waals surface area contributed by atoms with Crippen molar-refractivity contribution in [3.8, 4) is 0 Å². The number of halogens is 1. The van der Waals surface area contributed by atoms with Crippen LogP contribution in [0.4, 0.5) is 5.69 Å². The number of nitro benzene ring substituents is 1. The number of benzene rings is 1. The van der Waals surface area contributed by atoms with Crippen LogP contribution in [0.5, 0.6) is 0 Å². The molecule has 1 N–H and O–H groups in total. The fraction of sp³-hybridized carbons (Fsp3) is 0.0909. The van der Waals surface area contributed by atoms with Crippen LogP contribution in [0, 0.1) is 10.1 Å². The van der Waals surface area contributed by atoms with E-state index in [-0.39, 0.29) is 22.2 Å². The first-order valence-corrected chi connectivity index (χ1v) is 6.49. The van der Waals surface area contributed by atoms with Crippen molar-refractivity contribution in [3.63, 3.8) is 0 Å². The van der Waals surface area contributed by atoms with E-state index < -0.39 is 4.92 Å². The minimum absolute atomic E-state index is 0.0636. The lowest BCUT2D eigenvalue weighted by Crippen LogP contribution is -2.22. The molecule has 0 unspecified atom stereocenters. The molecule has 0 saturated carbocycles. The molecule has 1 heterocycles. The standard InChI is InChI=1S/C11H8ClN3O3S/c12-9-3-7(1-2-10(9)15(17)18)11(16)13-4-8-5-19-6-14-8/h1-3,5-6H,4H2,(H,13,16). The van der Waals surface area contributed by atoms with Gasteiger partial charge >= 0.3 is 0 Å². The zero-order chi connectivity index (χ0) is 13.8. The first-order valence-electron chi connectivity index (χ1n) is 5.17. The second-order valence-corrected chi connectivity index (χ2v) is 4.71. The summed E-state index contributed by atoms with van der Waals surface area (Å²) in [7, 11) is 0. The molecule has 0 fully saturated rings. The molecule has 1 aromatic heterocycles.